The van der Waals surface area contributed by atoms with Gasteiger partial charge < -0.3 is 9.42 Å². The van der Waals surface area contributed by atoms with E-state index < -0.39 is 0 Å². The molecule has 1 aromatic carbocycles. The first-order valence-corrected chi connectivity index (χ1v) is 6.65. The van der Waals surface area contributed by atoms with Gasteiger partial charge in [-0.2, -0.15) is 0 Å². The minimum absolute atomic E-state index is 0.0276. The van der Waals surface area contributed by atoms with E-state index >= 15 is 0 Å². The number of hydrogen-bond donors (Lipinski definition) is 0. The van der Waals surface area contributed by atoms with E-state index in [-0.39, 0.29) is 5.91 Å². The van der Waals surface area contributed by atoms with Gasteiger partial charge >= 0.3 is 0 Å². The van der Waals surface area contributed by atoms with Crippen LogP contribution in [0, 0.1) is 0 Å². The Morgan fingerprint density at radius 1 is 1.11 bits per heavy atom. The smallest absolute Gasteiger partial charge is 0.259 e. The van der Waals surface area contributed by atoms with Gasteiger partial charge in [0.15, 0.2) is 0 Å². The third-order valence-corrected chi connectivity index (χ3v) is 3.49. The fraction of sp³-hybridized carbons (Fsp3) is 0.333. The Morgan fingerprint density at radius 2 is 1.84 bits per heavy atom. The van der Waals surface area contributed by atoms with Crippen LogP contribution in [0.3, 0.4) is 0 Å². The number of nitrogens with zero attached hydrogens (tertiary/aromatic N) is 2. The second kappa shape index (κ2) is 5.26. The van der Waals surface area contributed by atoms with E-state index in [1.165, 1.54) is 12.7 Å². The third kappa shape index (κ3) is 2.38. The summed E-state index contributed by atoms with van der Waals surface area (Å²) in [5.74, 6) is 0.0276. The molecule has 1 amide bonds. The highest BCUT2D eigenvalue weighted by Gasteiger charge is 2.23. The molecule has 19 heavy (non-hydrogen) atoms. The average Bonchev–Trinajstić information content (AvgIpc) is 2.98. The molecule has 0 saturated carbocycles. The monoisotopic (exact) mass is 256 g/mol. The summed E-state index contributed by atoms with van der Waals surface area (Å²) >= 11 is 0. The molecule has 4 heteroatoms. The van der Waals surface area contributed by atoms with Crippen molar-refractivity contribution < 1.29 is 9.32 Å². The molecule has 0 radical (unpaired) electrons. The molecule has 0 bridgehead atoms. The van der Waals surface area contributed by atoms with Gasteiger partial charge in [-0.3, -0.25) is 4.79 Å². The standard InChI is InChI=1S/C15H16N2O2/c18-15(17-9-5-2-6-10-17)13-11-19-16-14(13)12-7-3-1-4-8-12/h1,3-4,7-8,11H,2,5-6,9-10H2. The number of likely N-dealkylation sites (tertiary alicyclic amines) is 1. The zero-order valence-corrected chi connectivity index (χ0v) is 10.7. The molecular formula is C15H16N2O2. The lowest BCUT2D eigenvalue weighted by atomic mass is 10.1. The van der Waals surface area contributed by atoms with Crippen LogP contribution in [0.2, 0.25) is 0 Å². The Kier molecular flexibility index (Phi) is 3.31. The molecule has 2 heterocycles. The Labute approximate surface area is 112 Å². The largest absolute Gasteiger partial charge is 0.363 e. The molecule has 0 spiro atoms. The Morgan fingerprint density at radius 3 is 2.58 bits per heavy atom. The SMILES string of the molecule is O=C(c1conc1-c1ccccc1)N1CCCCC1. The summed E-state index contributed by atoms with van der Waals surface area (Å²) in [6.07, 6.45) is 4.83. The summed E-state index contributed by atoms with van der Waals surface area (Å²) in [6, 6.07) is 9.67. The highest BCUT2D eigenvalue weighted by Crippen LogP contribution is 2.24. The van der Waals surface area contributed by atoms with Crippen molar-refractivity contribution in [2.45, 2.75) is 19.3 Å². The van der Waals surface area contributed by atoms with E-state index in [9.17, 15) is 4.79 Å². The maximum Gasteiger partial charge on any atom is 0.259 e. The van der Waals surface area contributed by atoms with Gasteiger partial charge in [0.2, 0.25) is 0 Å². The van der Waals surface area contributed by atoms with Crippen LogP contribution in [0.5, 0.6) is 0 Å². The molecule has 0 N–H and O–H groups in total. The number of carbonyl (C=O) groups is 1. The van der Waals surface area contributed by atoms with Gasteiger partial charge in [-0.15, -0.1) is 0 Å². The molecule has 2 aromatic rings. The first-order chi connectivity index (χ1) is 9.36. The van der Waals surface area contributed by atoms with Crippen LogP contribution in [0.25, 0.3) is 11.3 Å². The maximum atomic E-state index is 12.5. The van der Waals surface area contributed by atoms with Crippen molar-refractivity contribution in [2.75, 3.05) is 13.1 Å². The van der Waals surface area contributed by atoms with Crippen molar-refractivity contribution in [3.05, 3.63) is 42.2 Å². The number of hydrogen-bond acceptors (Lipinski definition) is 3. The number of benzene rings is 1. The first kappa shape index (κ1) is 12.0. The minimum atomic E-state index is 0.0276. The lowest BCUT2D eigenvalue weighted by molar-refractivity contribution is 0.0724. The summed E-state index contributed by atoms with van der Waals surface area (Å²) < 4.78 is 5.01. The number of rotatable bonds is 2. The normalized spacial score (nSPS) is 15.5. The Balaban J connectivity index is 1.89. The van der Waals surface area contributed by atoms with Crippen molar-refractivity contribution in [3.8, 4) is 11.3 Å². The summed E-state index contributed by atoms with van der Waals surface area (Å²) in [4.78, 5) is 14.4. The van der Waals surface area contributed by atoms with E-state index in [1.54, 1.807) is 0 Å². The fourth-order valence-electron chi connectivity index (χ4n) is 2.46. The van der Waals surface area contributed by atoms with Crippen molar-refractivity contribution in [1.82, 2.24) is 10.1 Å². The predicted octanol–water partition coefficient (Wildman–Crippen LogP) is 2.97. The number of amides is 1. The van der Waals surface area contributed by atoms with Crippen LogP contribution in [0.4, 0.5) is 0 Å². The molecular weight excluding hydrogens is 240 g/mol. The topological polar surface area (TPSA) is 46.3 Å². The van der Waals surface area contributed by atoms with Crippen molar-refractivity contribution in [3.63, 3.8) is 0 Å². The average molecular weight is 256 g/mol. The van der Waals surface area contributed by atoms with Crippen molar-refractivity contribution >= 4 is 5.91 Å². The molecule has 98 valence electrons. The van der Waals surface area contributed by atoms with Gasteiger partial charge in [-0.05, 0) is 19.3 Å². The second-order valence-electron chi connectivity index (χ2n) is 4.80. The van der Waals surface area contributed by atoms with Crippen molar-refractivity contribution in [1.29, 1.82) is 0 Å². The van der Waals surface area contributed by atoms with E-state index in [0.717, 1.165) is 31.5 Å². The van der Waals surface area contributed by atoms with E-state index in [0.29, 0.717) is 11.3 Å². The van der Waals surface area contributed by atoms with Gasteiger partial charge in [0, 0.05) is 18.7 Å². The van der Waals surface area contributed by atoms with E-state index in [2.05, 4.69) is 5.16 Å². The van der Waals surface area contributed by atoms with Gasteiger partial charge in [0.1, 0.15) is 17.5 Å². The molecule has 1 saturated heterocycles. The first-order valence-electron chi connectivity index (χ1n) is 6.65. The van der Waals surface area contributed by atoms with Gasteiger partial charge in [-0.25, -0.2) is 0 Å². The Bertz CT molecular complexity index is 557. The Hall–Kier alpha value is -2.10. The summed E-state index contributed by atoms with van der Waals surface area (Å²) in [7, 11) is 0. The maximum absolute atomic E-state index is 12.5. The second-order valence-corrected chi connectivity index (χ2v) is 4.80. The van der Waals surface area contributed by atoms with Crippen LogP contribution < -0.4 is 0 Å². The van der Waals surface area contributed by atoms with Crippen LogP contribution >= 0.6 is 0 Å². The summed E-state index contributed by atoms with van der Waals surface area (Å²) in [6.45, 7) is 1.66. The molecule has 0 unspecified atom stereocenters. The molecule has 1 fully saturated rings. The molecule has 1 aromatic heterocycles. The fourth-order valence-corrected chi connectivity index (χ4v) is 2.46. The van der Waals surface area contributed by atoms with E-state index in [1.807, 2.05) is 35.2 Å². The molecule has 1 aliphatic rings. The van der Waals surface area contributed by atoms with Gasteiger partial charge in [0.25, 0.3) is 5.91 Å². The predicted molar refractivity (Wildman–Crippen MR) is 71.7 cm³/mol. The molecule has 0 aliphatic carbocycles. The number of carbonyl (C=O) groups excluding carboxylic acids is 1. The van der Waals surface area contributed by atoms with E-state index in [4.69, 9.17) is 4.52 Å². The molecule has 4 nitrogen and oxygen atoms in total. The van der Waals surface area contributed by atoms with Crippen molar-refractivity contribution in [2.24, 2.45) is 0 Å². The highest BCUT2D eigenvalue weighted by molar-refractivity contribution is 5.99. The number of piperidine rings is 1. The minimum Gasteiger partial charge on any atom is -0.363 e. The third-order valence-electron chi connectivity index (χ3n) is 3.49. The number of aromatic nitrogens is 1. The van der Waals surface area contributed by atoms with Crippen LogP contribution in [0.1, 0.15) is 29.6 Å². The lowest BCUT2D eigenvalue weighted by Gasteiger charge is -2.26. The zero-order valence-electron chi connectivity index (χ0n) is 10.7. The van der Waals surface area contributed by atoms with Gasteiger partial charge in [0.05, 0.1) is 0 Å². The molecule has 1 aliphatic heterocycles. The quantitative estimate of drug-likeness (QED) is 0.829. The highest BCUT2D eigenvalue weighted by atomic mass is 16.5. The molecule has 3 rings (SSSR count). The van der Waals surface area contributed by atoms with Crippen LogP contribution in [-0.4, -0.2) is 29.1 Å². The van der Waals surface area contributed by atoms with Crippen LogP contribution in [0.15, 0.2) is 41.1 Å². The zero-order chi connectivity index (χ0) is 13.1. The summed E-state index contributed by atoms with van der Waals surface area (Å²) in [5.41, 5.74) is 2.11. The lowest BCUT2D eigenvalue weighted by Crippen LogP contribution is -2.35. The van der Waals surface area contributed by atoms with Crippen LogP contribution in [-0.2, 0) is 0 Å². The van der Waals surface area contributed by atoms with Gasteiger partial charge in [-0.1, -0.05) is 35.5 Å². The summed E-state index contributed by atoms with van der Waals surface area (Å²) in [5, 5.41) is 3.98. The molecule has 0 atom stereocenters.